The molecule has 1 amide bonds. The molecule has 2 aliphatic rings. The van der Waals surface area contributed by atoms with Gasteiger partial charge in [0.2, 0.25) is 0 Å². The molecule has 1 saturated heterocycles. The quantitative estimate of drug-likeness (QED) is 0.123. The third-order valence-corrected chi connectivity index (χ3v) is 9.26. The molecule has 258 valence electrons. The van der Waals surface area contributed by atoms with Crippen molar-refractivity contribution in [1.82, 2.24) is 9.88 Å². The molecule has 3 heterocycles. The zero-order chi connectivity index (χ0) is 35.3. The highest BCUT2D eigenvalue weighted by Crippen LogP contribution is 2.47. The number of hydrogen-bond donors (Lipinski definition) is 2. The van der Waals surface area contributed by atoms with Gasteiger partial charge in [-0.1, -0.05) is 72.8 Å². The molecule has 5 aromatic rings. The number of hydrogen-bond acceptors (Lipinski definition) is 9. The van der Waals surface area contributed by atoms with E-state index in [-0.39, 0.29) is 35.3 Å². The molecule has 1 unspecified atom stereocenters. The van der Waals surface area contributed by atoms with Gasteiger partial charge >= 0.3 is 11.9 Å². The SMILES string of the molecule is CN(CCc1ccccn1)C[C@H]1OC(c2cccc(NC(=O)c3ccc4c(c3)C(=O)OC4=O)c2)O[C@@H](c2ccc(CO)cc2)[C@@H]1c1ccccc1. The van der Waals surface area contributed by atoms with Gasteiger partial charge in [-0.3, -0.25) is 9.78 Å². The number of cyclic esters (lactones) is 2. The number of benzene rings is 4. The average Bonchev–Trinajstić information content (AvgIpc) is 3.46. The molecule has 0 spiro atoms. The van der Waals surface area contributed by atoms with E-state index in [1.165, 1.54) is 18.2 Å². The lowest BCUT2D eigenvalue weighted by molar-refractivity contribution is -0.263. The van der Waals surface area contributed by atoms with Crippen LogP contribution in [0.1, 0.15) is 77.3 Å². The van der Waals surface area contributed by atoms with E-state index in [0.717, 1.165) is 35.3 Å². The third kappa shape index (κ3) is 7.64. The largest absolute Gasteiger partial charge is 0.392 e. The summed E-state index contributed by atoms with van der Waals surface area (Å²) in [5.41, 5.74) is 5.47. The molecule has 10 heteroatoms. The number of carbonyl (C=O) groups is 3. The minimum absolute atomic E-state index is 0.0600. The number of carbonyl (C=O) groups excluding carboxylic acids is 3. The van der Waals surface area contributed by atoms with Crippen LogP contribution < -0.4 is 5.32 Å². The Morgan fingerprint density at radius 3 is 2.33 bits per heavy atom. The maximum Gasteiger partial charge on any atom is 0.346 e. The Hall–Kier alpha value is -5.52. The molecule has 0 saturated carbocycles. The van der Waals surface area contributed by atoms with Gasteiger partial charge in [0.25, 0.3) is 5.91 Å². The fourth-order valence-electron chi connectivity index (χ4n) is 6.61. The fourth-order valence-corrected chi connectivity index (χ4v) is 6.61. The Kier molecular flexibility index (Phi) is 10.1. The predicted octanol–water partition coefficient (Wildman–Crippen LogP) is 6.25. The molecular formula is C41H37N3O7. The number of esters is 2. The summed E-state index contributed by atoms with van der Waals surface area (Å²) in [5.74, 6) is -2.12. The number of rotatable bonds is 11. The van der Waals surface area contributed by atoms with Crippen LogP contribution in [-0.2, 0) is 27.2 Å². The second kappa shape index (κ2) is 15.2. The lowest BCUT2D eigenvalue weighted by Crippen LogP contribution is -2.43. The normalized spacial score (nSPS) is 19.8. The molecule has 7 rings (SSSR count). The van der Waals surface area contributed by atoms with Gasteiger partial charge in [-0.05, 0) is 66.2 Å². The summed E-state index contributed by atoms with van der Waals surface area (Å²) in [7, 11) is 2.08. The Morgan fingerprint density at radius 1 is 0.804 bits per heavy atom. The second-order valence-electron chi connectivity index (χ2n) is 12.7. The van der Waals surface area contributed by atoms with Gasteiger partial charge in [-0.15, -0.1) is 0 Å². The number of pyridine rings is 1. The van der Waals surface area contributed by atoms with Crippen molar-refractivity contribution < 1.29 is 33.7 Å². The summed E-state index contributed by atoms with van der Waals surface area (Å²) < 4.78 is 18.4. The molecule has 1 fully saturated rings. The first kappa shape index (κ1) is 34.0. The van der Waals surface area contributed by atoms with Crippen molar-refractivity contribution in [3.05, 3.63) is 166 Å². The number of anilines is 1. The smallest absolute Gasteiger partial charge is 0.346 e. The molecule has 0 bridgehead atoms. The number of ether oxygens (including phenoxy) is 3. The number of nitrogens with one attached hydrogen (secondary N) is 1. The molecule has 2 aliphatic heterocycles. The standard InChI is InChI=1S/C41H37N3O7/c1-44(21-19-31-11-5-6-20-42-31)24-35-36(27-8-3-2-4-9-27)37(28-15-13-26(25-45)14-16-28)50-41(49-35)30-10-7-12-32(22-30)43-38(46)29-17-18-33-34(23-29)40(48)51-39(33)47/h2-18,20,22-23,35-37,41,45H,19,21,24-25H2,1H3,(H,43,46)/t35-,36-,37+,41?/m1/s1. The lowest BCUT2D eigenvalue weighted by Gasteiger charge is -2.44. The highest BCUT2D eigenvalue weighted by atomic mass is 16.7. The Labute approximate surface area is 295 Å². The summed E-state index contributed by atoms with van der Waals surface area (Å²) in [6.45, 7) is 1.32. The number of aromatic nitrogens is 1. The van der Waals surface area contributed by atoms with E-state index in [1.54, 1.807) is 12.3 Å². The minimum atomic E-state index is -0.778. The van der Waals surface area contributed by atoms with Gasteiger partial charge in [0, 0.05) is 54.1 Å². The van der Waals surface area contributed by atoms with Gasteiger partial charge in [-0.2, -0.15) is 0 Å². The number of aliphatic hydroxyl groups is 1. The van der Waals surface area contributed by atoms with Crippen molar-refractivity contribution in [1.29, 1.82) is 0 Å². The van der Waals surface area contributed by atoms with Gasteiger partial charge in [0.05, 0.1) is 29.9 Å². The van der Waals surface area contributed by atoms with E-state index in [1.807, 2.05) is 78.9 Å². The van der Waals surface area contributed by atoms with Crippen LogP contribution in [-0.4, -0.2) is 59.1 Å². The second-order valence-corrected chi connectivity index (χ2v) is 12.7. The van der Waals surface area contributed by atoms with Crippen LogP contribution in [0.5, 0.6) is 0 Å². The highest BCUT2D eigenvalue weighted by molar-refractivity contribution is 6.16. The minimum Gasteiger partial charge on any atom is -0.392 e. The first-order valence-electron chi connectivity index (χ1n) is 16.8. The Balaban J connectivity index is 1.18. The van der Waals surface area contributed by atoms with Crippen LogP contribution in [0.3, 0.4) is 0 Å². The summed E-state index contributed by atoms with van der Waals surface area (Å²) in [6.07, 6.45) is 1.11. The van der Waals surface area contributed by atoms with Crippen LogP contribution in [0.15, 0.2) is 121 Å². The molecule has 0 aliphatic carbocycles. The summed E-state index contributed by atoms with van der Waals surface area (Å²) in [4.78, 5) is 44.0. The molecule has 10 nitrogen and oxygen atoms in total. The highest BCUT2D eigenvalue weighted by Gasteiger charge is 2.42. The van der Waals surface area contributed by atoms with Gasteiger partial charge in [-0.25, -0.2) is 9.59 Å². The van der Waals surface area contributed by atoms with E-state index < -0.39 is 30.2 Å². The van der Waals surface area contributed by atoms with Crippen LogP contribution in [0.2, 0.25) is 0 Å². The molecule has 0 radical (unpaired) electrons. The molecule has 51 heavy (non-hydrogen) atoms. The van der Waals surface area contributed by atoms with Crippen LogP contribution >= 0.6 is 0 Å². The van der Waals surface area contributed by atoms with E-state index in [0.29, 0.717) is 17.8 Å². The van der Waals surface area contributed by atoms with Crippen molar-refractivity contribution >= 4 is 23.5 Å². The monoisotopic (exact) mass is 683 g/mol. The van der Waals surface area contributed by atoms with Gasteiger partial charge in [0.15, 0.2) is 6.29 Å². The number of likely N-dealkylation sites (N-methyl/N-ethyl adjacent to an activating group) is 1. The summed E-state index contributed by atoms with van der Waals surface area (Å²) in [5, 5.41) is 12.6. The number of amides is 1. The van der Waals surface area contributed by atoms with Crippen LogP contribution in [0.4, 0.5) is 5.69 Å². The predicted molar refractivity (Wildman–Crippen MR) is 189 cm³/mol. The number of fused-ring (bicyclic) bond motifs is 1. The zero-order valence-corrected chi connectivity index (χ0v) is 28.0. The molecule has 4 atom stereocenters. The summed E-state index contributed by atoms with van der Waals surface area (Å²) >= 11 is 0. The van der Waals surface area contributed by atoms with E-state index in [9.17, 15) is 19.5 Å². The molecule has 1 aromatic heterocycles. The number of nitrogens with zero attached hydrogens (tertiary/aromatic N) is 2. The Morgan fingerprint density at radius 2 is 1.57 bits per heavy atom. The summed E-state index contributed by atoms with van der Waals surface area (Å²) in [6, 6.07) is 35.5. The van der Waals surface area contributed by atoms with E-state index in [4.69, 9.17) is 9.47 Å². The lowest BCUT2D eigenvalue weighted by atomic mass is 9.83. The zero-order valence-electron chi connectivity index (χ0n) is 28.0. The van der Waals surface area contributed by atoms with Gasteiger partial charge < -0.3 is 29.5 Å². The molecular weight excluding hydrogens is 646 g/mol. The van der Waals surface area contributed by atoms with E-state index in [2.05, 4.69) is 39.1 Å². The van der Waals surface area contributed by atoms with Crippen LogP contribution in [0, 0.1) is 0 Å². The first-order valence-corrected chi connectivity index (χ1v) is 16.8. The van der Waals surface area contributed by atoms with Gasteiger partial charge in [0.1, 0.15) is 0 Å². The maximum atomic E-state index is 13.3. The first-order chi connectivity index (χ1) is 24.9. The van der Waals surface area contributed by atoms with Crippen LogP contribution in [0.25, 0.3) is 0 Å². The van der Waals surface area contributed by atoms with Crippen molar-refractivity contribution in [2.75, 3.05) is 25.5 Å². The van der Waals surface area contributed by atoms with Crippen molar-refractivity contribution in [3.63, 3.8) is 0 Å². The number of aliphatic hydroxyl groups excluding tert-OH is 1. The maximum absolute atomic E-state index is 13.3. The fraction of sp³-hybridized carbons (Fsp3) is 0.220. The van der Waals surface area contributed by atoms with Crippen molar-refractivity contribution in [3.8, 4) is 0 Å². The molecule has 2 N–H and O–H groups in total. The van der Waals surface area contributed by atoms with E-state index >= 15 is 0 Å². The van der Waals surface area contributed by atoms with Crippen molar-refractivity contribution in [2.24, 2.45) is 0 Å². The topological polar surface area (TPSA) is 127 Å². The molecule has 4 aromatic carbocycles. The Bertz CT molecular complexity index is 2020. The average molecular weight is 684 g/mol. The van der Waals surface area contributed by atoms with Crippen molar-refractivity contribution in [2.45, 2.75) is 37.4 Å². The third-order valence-electron chi connectivity index (χ3n) is 9.26.